The minimum Gasteiger partial charge on any atom is -0.462 e. The first-order chi connectivity index (χ1) is 17.4. The summed E-state index contributed by atoms with van der Waals surface area (Å²) in [7, 11) is -4.32. The van der Waals surface area contributed by atoms with Crippen molar-refractivity contribution in [2.75, 3.05) is 6.61 Å². The molecule has 0 spiro atoms. The van der Waals surface area contributed by atoms with Gasteiger partial charge in [-0.1, -0.05) is 24.1 Å². The van der Waals surface area contributed by atoms with Gasteiger partial charge in [-0.15, -0.1) is 6.42 Å². The molecule has 200 valence electrons. The SMILES string of the molecule is C#CC1(O)C(O)C(COP(=O)(NC(C)C(=O)OC(C)C)Oc2ccccc2)OC1n1ccc(=O)[nH]c1=O. The summed E-state index contributed by atoms with van der Waals surface area (Å²) in [6.07, 6.45) is 1.22. The van der Waals surface area contributed by atoms with Crippen molar-refractivity contribution in [3.05, 3.63) is 63.4 Å². The maximum atomic E-state index is 13.6. The monoisotopic (exact) mass is 537 g/mol. The van der Waals surface area contributed by atoms with Crippen LogP contribution in [0.3, 0.4) is 0 Å². The third-order valence-corrected chi connectivity index (χ3v) is 6.90. The molecule has 1 saturated heterocycles. The van der Waals surface area contributed by atoms with E-state index in [0.29, 0.717) is 0 Å². The van der Waals surface area contributed by atoms with Crippen molar-refractivity contribution in [3.8, 4) is 18.1 Å². The van der Waals surface area contributed by atoms with Crippen LogP contribution < -0.4 is 20.9 Å². The number of hydrogen-bond acceptors (Lipinski definition) is 10. The zero-order chi connectivity index (χ0) is 27.4. The van der Waals surface area contributed by atoms with Gasteiger partial charge in [-0.2, -0.15) is 5.09 Å². The van der Waals surface area contributed by atoms with Crippen molar-refractivity contribution in [3.63, 3.8) is 0 Å². The highest BCUT2D eigenvalue weighted by molar-refractivity contribution is 7.52. The van der Waals surface area contributed by atoms with Gasteiger partial charge in [0, 0.05) is 12.3 Å². The Bertz CT molecular complexity index is 1300. The molecular weight excluding hydrogens is 509 g/mol. The number of nitrogens with zero attached hydrogens (tertiary/aromatic N) is 1. The lowest BCUT2D eigenvalue weighted by Gasteiger charge is -2.26. The maximum absolute atomic E-state index is 13.6. The van der Waals surface area contributed by atoms with Gasteiger partial charge in [-0.25, -0.2) is 9.36 Å². The summed E-state index contributed by atoms with van der Waals surface area (Å²) in [6.45, 7) is 4.04. The summed E-state index contributed by atoms with van der Waals surface area (Å²) < 4.78 is 36.2. The zero-order valence-corrected chi connectivity index (χ0v) is 21.2. The normalized spacial score (nSPS) is 25.7. The second-order valence-electron chi connectivity index (χ2n) is 8.49. The molecule has 1 aliphatic heterocycles. The average molecular weight is 537 g/mol. The molecule has 1 aromatic heterocycles. The molecule has 0 saturated carbocycles. The molecule has 2 heterocycles. The van der Waals surface area contributed by atoms with Gasteiger partial charge in [-0.05, 0) is 32.9 Å². The van der Waals surface area contributed by atoms with E-state index in [2.05, 4.69) is 5.09 Å². The smallest absolute Gasteiger partial charge is 0.459 e. The van der Waals surface area contributed by atoms with E-state index in [1.54, 1.807) is 32.0 Å². The Balaban J connectivity index is 1.84. The molecule has 1 fully saturated rings. The van der Waals surface area contributed by atoms with Gasteiger partial charge in [-0.3, -0.25) is 23.7 Å². The summed E-state index contributed by atoms with van der Waals surface area (Å²) in [6, 6.07) is 7.84. The first kappa shape index (κ1) is 28.3. The largest absolute Gasteiger partial charge is 0.462 e. The highest BCUT2D eigenvalue weighted by Gasteiger charge is 2.56. The molecule has 2 aromatic rings. The molecule has 14 heteroatoms. The Morgan fingerprint density at radius 3 is 2.57 bits per heavy atom. The summed E-state index contributed by atoms with van der Waals surface area (Å²) in [5.74, 6) is 1.44. The Hall–Kier alpha value is -3.24. The number of H-pyrrole nitrogens is 1. The fourth-order valence-electron chi connectivity index (χ4n) is 3.46. The lowest BCUT2D eigenvalue weighted by atomic mass is 9.95. The summed E-state index contributed by atoms with van der Waals surface area (Å²) >= 11 is 0. The van der Waals surface area contributed by atoms with Crippen LogP contribution in [0.4, 0.5) is 0 Å². The molecule has 6 atom stereocenters. The number of aliphatic hydroxyl groups excluding tert-OH is 1. The lowest BCUT2D eigenvalue weighted by molar-refractivity contribution is -0.149. The van der Waals surface area contributed by atoms with Crippen LogP contribution >= 0.6 is 7.75 Å². The molecule has 1 aliphatic rings. The molecule has 6 unspecified atom stereocenters. The van der Waals surface area contributed by atoms with Crippen molar-refractivity contribution in [2.24, 2.45) is 0 Å². The number of rotatable bonds is 10. The number of ether oxygens (including phenoxy) is 2. The molecule has 4 N–H and O–H groups in total. The minimum absolute atomic E-state index is 0.147. The highest BCUT2D eigenvalue weighted by atomic mass is 31.2. The van der Waals surface area contributed by atoms with E-state index in [9.17, 15) is 29.2 Å². The number of aromatic nitrogens is 2. The number of carbonyl (C=O) groups is 1. The van der Waals surface area contributed by atoms with Gasteiger partial charge in [0.1, 0.15) is 24.0 Å². The molecule has 0 aliphatic carbocycles. The zero-order valence-electron chi connectivity index (χ0n) is 20.3. The van der Waals surface area contributed by atoms with Crippen molar-refractivity contribution in [1.82, 2.24) is 14.6 Å². The Morgan fingerprint density at radius 1 is 1.30 bits per heavy atom. The van der Waals surface area contributed by atoms with Crippen molar-refractivity contribution < 1.29 is 38.1 Å². The van der Waals surface area contributed by atoms with Crippen LogP contribution in [0.2, 0.25) is 0 Å². The van der Waals surface area contributed by atoms with Crippen LogP contribution in [0, 0.1) is 12.3 Å². The Kier molecular flexibility index (Phi) is 8.76. The molecule has 0 amide bonds. The van der Waals surface area contributed by atoms with Crippen LogP contribution in [-0.4, -0.2) is 62.3 Å². The molecule has 37 heavy (non-hydrogen) atoms. The molecule has 0 radical (unpaired) electrons. The maximum Gasteiger partial charge on any atom is 0.459 e. The summed E-state index contributed by atoms with van der Waals surface area (Å²) in [4.78, 5) is 37.9. The predicted molar refractivity (Wildman–Crippen MR) is 129 cm³/mol. The van der Waals surface area contributed by atoms with E-state index in [1.165, 1.54) is 19.1 Å². The number of terminal acetylenes is 1. The first-order valence-electron chi connectivity index (χ1n) is 11.2. The van der Waals surface area contributed by atoms with Crippen molar-refractivity contribution in [1.29, 1.82) is 0 Å². The van der Waals surface area contributed by atoms with E-state index >= 15 is 0 Å². The summed E-state index contributed by atoms with van der Waals surface area (Å²) in [5.41, 5.74) is -4.06. The van der Waals surface area contributed by atoms with E-state index < -0.39 is 67.8 Å². The molecular formula is C23H28N3O10P. The first-order valence-corrected chi connectivity index (χ1v) is 12.8. The number of nitrogens with one attached hydrogen (secondary N) is 2. The van der Waals surface area contributed by atoms with Crippen LogP contribution in [0.15, 0.2) is 52.2 Å². The predicted octanol–water partition coefficient (Wildman–Crippen LogP) is 0.293. The lowest BCUT2D eigenvalue weighted by Crippen LogP contribution is -2.48. The number of aromatic amines is 1. The number of hydrogen-bond donors (Lipinski definition) is 4. The summed E-state index contributed by atoms with van der Waals surface area (Å²) in [5, 5.41) is 24.1. The third kappa shape index (κ3) is 6.56. The fourth-order valence-corrected chi connectivity index (χ4v) is 4.96. The van der Waals surface area contributed by atoms with E-state index in [-0.39, 0.29) is 5.75 Å². The molecule has 13 nitrogen and oxygen atoms in total. The van der Waals surface area contributed by atoms with Gasteiger partial charge in [0.15, 0.2) is 11.8 Å². The standard InChI is InChI=1S/C23H28N3O10P/c1-5-23(31)19(28)17(35-21(23)26-12-11-18(27)24-22(26)30)13-33-37(32,36-16-9-7-6-8-10-16)25-15(4)20(29)34-14(2)3/h1,6-12,14-15,17,19,21,28,31H,13H2,2-4H3,(H,25,32)(H,24,27,30). The second-order valence-corrected chi connectivity index (χ2v) is 10.2. The van der Waals surface area contributed by atoms with Crippen molar-refractivity contribution in [2.45, 2.75) is 57.0 Å². The van der Waals surface area contributed by atoms with Gasteiger partial charge in [0.2, 0.25) is 0 Å². The number of para-hydroxylation sites is 1. The molecule has 3 rings (SSSR count). The number of benzene rings is 1. The van der Waals surface area contributed by atoms with E-state index in [4.69, 9.17) is 24.9 Å². The average Bonchev–Trinajstić information content (AvgIpc) is 3.08. The van der Waals surface area contributed by atoms with Crippen molar-refractivity contribution >= 4 is 13.7 Å². The Labute approximate surface area is 211 Å². The van der Waals surface area contributed by atoms with E-state index in [0.717, 1.165) is 16.8 Å². The van der Waals surface area contributed by atoms with Crippen LogP contribution in [0.5, 0.6) is 5.75 Å². The van der Waals surface area contributed by atoms with Crippen LogP contribution in [0.1, 0.15) is 27.0 Å². The van der Waals surface area contributed by atoms with Gasteiger partial charge in [0.25, 0.3) is 5.56 Å². The fraction of sp³-hybridized carbons (Fsp3) is 0.435. The number of aliphatic hydroxyl groups is 2. The molecule has 1 aromatic carbocycles. The Morgan fingerprint density at radius 2 is 1.97 bits per heavy atom. The van der Waals surface area contributed by atoms with Gasteiger partial charge in [0.05, 0.1) is 12.7 Å². The quantitative estimate of drug-likeness (QED) is 0.186. The molecule has 0 bridgehead atoms. The van der Waals surface area contributed by atoms with Gasteiger partial charge >= 0.3 is 19.4 Å². The second kappa shape index (κ2) is 11.4. The third-order valence-electron chi connectivity index (χ3n) is 5.25. The highest BCUT2D eigenvalue weighted by Crippen LogP contribution is 2.46. The van der Waals surface area contributed by atoms with Crippen LogP contribution in [0.25, 0.3) is 0 Å². The minimum atomic E-state index is -4.32. The number of esters is 1. The van der Waals surface area contributed by atoms with Gasteiger partial charge < -0.3 is 24.2 Å². The van der Waals surface area contributed by atoms with Crippen LogP contribution in [-0.2, 0) is 23.4 Å². The van der Waals surface area contributed by atoms with E-state index in [1.807, 2.05) is 10.9 Å². The number of carbonyl (C=O) groups excluding carboxylic acids is 1. The topological polar surface area (TPSA) is 178 Å².